The van der Waals surface area contributed by atoms with Crippen LogP contribution in [-0.4, -0.2) is 74.4 Å². The van der Waals surface area contributed by atoms with Crippen LogP contribution in [0.25, 0.3) is 11.1 Å². The number of rotatable bonds is 4. The van der Waals surface area contributed by atoms with Crippen molar-refractivity contribution < 1.29 is 30.0 Å². The lowest BCUT2D eigenvalue weighted by atomic mass is 9.75. The van der Waals surface area contributed by atoms with E-state index in [-0.39, 0.29) is 12.8 Å². The molecular formula is C23H27NO6. The van der Waals surface area contributed by atoms with Gasteiger partial charge >= 0.3 is 5.97 Å². The number of esters is 1. The van der Waals surface area contributed by atoms with Gasteiger partial charge in [0.2, 0.25) is 0 Å². The van der Waals surface area contributed by atoms with Gasteiger partial charge < -0.3 is 25.2 Å². The van der Waals surface area contributed by atoms with Gasteiger partial charge in [0.05, 0.1) is 13.2 Å². The molecule has 0 amide bonds. The highest BCUT2D eigenvalue weighted by atomic mass is 16.5. The molecular weight excluding hydrogens is 386 g/mol. The maximum Gasteiger partial charge on any atom is 0.323 e. The van der Waals surface area contributed by atoms with E-state index < -0.39 is 42.0 Å². The summed E-state index contributed by atoms with van der Waals surface area (Å²) in [6.45, 7) is 0.331. The predicted octanol–water partition coefficient (Wildman–Crippen LogP) is 0.687. The van der Waals surface area contributed by atoms with Crippen molar-refractivity contribution in [2.45, 2.75) is 55.4 Å². The normalized spacial score (nSPS) is 33.8. The molecule has 0 bridgehead atoms. The summed E-state index contributed by atoms with van der Waals surface area (Å²) in [6, 6.07) is 16.4. The molecule has 0 unspecified atom stereocenters. The summed E-state index contributed by atoms with van der Waals surface area (Å²) < 4.78 is 4.92. The molecule has 2 fully saturated rings. The van der Waals surface area contributed by atoms with Crippen molar-refractivity contribution in [2.24, 2.45) is 0 Å². The van der Waals surface area contributed by atoms with Crippen molar-refractivity contribution in [1.29, 1.82) is 0 Å². The van der Waals surface area contributed by atoms with Gasteiger partial charge in [-0.25, -0.2) is 0 Å². The van der Waals surface area contributed by atoms with E-state index >= 15 is 0 Å². The molecule has 1 saturated carbocycles. The molecule has 160 valence electrons. The maximum atomic E-state index is 12.4. The summed E-state index contributed by atoms with van der Waals surface area (Å²) in [5, 5.41) is 41.8. The minimum atomic E-state index is -1.71. The fourth-order valence-corrected chi connectivity index (χ4v) is 4.82. The molecule has 2 aromatic rings. The van der Waals surface area contributed by atoms with Crippen molar-refractivity contribution in [3.63, 3.8) is 0 Å². The van der Waals surface area contributed by atoms with Crippen LogP contribution in [0.1, 0.15) is 18.4 Å². The zero-order valence-electron chi connectivity index (χ0n) is 16.8. The van der Waals surface area contributed by atoms with Gasteiger partial charge in [-0.3, -0.25) is 9.69 Å². The van der Waals surface area contributed by atoms with Crippen LogP contribution >= 0.6 is 0 Å². The molecule has 7 nitrogen and oxygen atoms in total. The zero-order chi connectivity index (χ0) is 21.5. The Morgan fingerprint density at radius 2 is 1.70 bits per heavy atom. The van der Waals surface area contributed by atoms with Gasteiger partial charge in [0, 0.05) is 19.0 Å². The summed E-state index contributed by atoms with van der Waals surface area (Å²) in [5.74, 6) is -0.519. The Morgan fingerprint density at radius 1 is 1.07 bits per heavy atom. The average molecular weight is 413 g/mol. The SMILES string of the molecule is COC(=O)[C@@H]1C[C@@]2(O)[C@@H](O)[C@@H](O)[C@@H](O)C[C@H]2N1Cc1ccc(-c2ccccc2)cc1. The molecule has 7 heteroatoms. The van der Waals surface area contributed by atoms with Gasteiger partial charge in [-0.2, -0.15) is 0 Å². The second-order valence-electron chi connectivity index (χ2n) is 8.22. The second kappa shape index (κ2) is 8.09. The minimum absolute atomic E-state index is 0.0460. The van der Waals surface area contributed by atoms with E-state index in [2.05, 4.69) is 0 Å². The molecule has 0 radical (unpaired) electrons. The molecule has 30 heavy (non-hydrogen) atoms. The Bertz CT molecular complexity index is 888. The monoisotopic (exact) mass is 413 g/mol. The first kappa shape index (κ1) is 21.0. The lowest BCUT2D eigenvalue weighted by molar-refractivity contribution is -0.197. The Hall–Kier alpha value is -2.29. The van der Waals surface area contributed by atoms with E-state index in [1.807, 2.05) is 54.6 Å². The third-order valence-corrected chi connectivity index (χ3v) is 6.49. The molecule has 4 N–H and O–H groups in total. The number of aliphatic hydroxyl groups is 4. The Balaban J connectivity index is 1.61. The topological polar surface area (TPSA) is 110 Å². The van der Waals surface area contributed by atoms with E-state index in [9.17, 15) is 25.2 Å². The standard InChI is InChI=1S/C23H27NO6/c1-30-22(28)17-12-23(29)19(11-18(25)20(26)21(23)27)24(17)13-14-7-9-16(10-8-14)15-5-3-2-4-6-15/h2-10,17-21,25-27,29H,11-13H2,1H3/t17-,18-,19+,20-,21-,23-/m0/s1. The molecule has 1 heterocycles. The number of hydrogen-bond donors (Lipinski definition) is 4. The molecule has 1 saturated heterocycles. The zero-order valence-corrected chi connectivity index (χ0v) is 16.8. The van der Waals surface area contributed by atoms with E-state index in [0.29, 0.717) is 6.54 Å². The fourth-order valence-electron chi connectivity index (χ4n) is 4.82. The first-order valence-corrected chi connectivity index (χ1v) is 10.1. The number of hydrogen-bond acceptors (Lipinski definition) is 7. The van der Waals surface area contributed by atoms with Crippen LogP contribution in [0.5, 0.6) is 0 Å². The van der Waals surface area contributed by atoms with E-state index in [1.54, 1.807) is 4.90 Å². The van der Waals surface area contributed by atoms with E-state index in [0.717, 1.165) is 16.7 Å². The number of carbonyl (C=O) groups excluding carboxylic acids is 1. The quantitative estimate of drug-likeness (QED) is 0.546. The maximum absolute atomic E-state index is 12.4. The molecule has 1 aliphatic carbocycles. The van der Waals surface area contributed by atoms with E-state index in [4.69, 9.17) is 4.74 Å². The van der Waals surface area contributed by atoms with Crippen LogP contribution in [0.2, 0.25) is 0 Å². The van der Waals surface area contributed by atoms with Gasteiger partial charge in [0.15, 0.2) is 0 Å². The summed E-state index contributed by atoms with van der Waals surface area (Å²) >= 11 is 0. The second-order valence-corrected chi connectivity index (χ2v) is 8.22. The lowest BCUT2D eigenvalue weighted by Crippen LogP contribution is -2.64. The first-order valence-electron chi connectivity index (χ1n) is 10.1. The molecule has 2 aromatic carbocycles. The number of fused-ring (bicyclic) bond motifs is 1. The lowest BCUT2D eigenvalue weighted by Gasteiger charge is -2.45. The third kappa shape index (κ3) is 3.53. The van der Waals surface area contributed by atoms with Crippen molar-refractivity contribution in [3.8, 4) is 11.1 Å². The highest BCUT2D eigenvalue weighted by molar-refractivity contribution is 5.76. The summed E-state index contributed by atoms with van der Waals surface area (Å²) in [4.78, 5) is 14.2. The fraction of sp³-hybridized carbons (Fsp3) is 0.435. The molecule has 2 aliphatic rings. The van der Waals surface area contributed by atoms with Crippen molar-refractivity contribution in [1.82, 2.24) is 4.90 Å². The number of nitrogens with zero attached hydrogens (tertiary/aromatic N) is 1. The largest absolute Gasteiger partial charge is 0.468 e. The molecule has 6 atom stereocenters. The first-order chi connectivity index (χ1) is 14.3. The number of aliphatic hydroxyl groups excluding tert-OH is 3. The number of carbonyl (C=O) groups is 1. The summed E-state index contributed by atoms with van der Waals surface area (Å²) in [6.07, 6.45) is -4.23. The van der Waals surface area contributed by atoms with Crippen LogP contribution < -0.4 is 0 Å². The molecule has 0 aromatic heterocycles. The van der Waals surface area contributed by atoms with Gasteiger partial charge in [-0.1, -0.05) is 54.6 Å². The van der Waals surface area contributed by atoms with Gasteiger partial charge in [0.1, 0.15) is 23.9 Å². The Labute approximate surface area is 175 Å². The smallest absolute Gasteiger partial charge is 0.323 e. The predicted molar refractivity (Wildman–Crippen MR) is 109 cm³/mol. The molecule has 4 rings (SSSR count). The van der Waals surface area contributed by atoms with Crippen LogP contribution in [0.15, 0.2) is 54.6 Å². The number of ether oxygens (including phenoxy) is 1. The van der Waals surface area contributed by atoms with Crippen LogP contribution in [0, 0.1) is 0 Å². The summed E-state index contributed by atoms with van der Waals surface area (Å²) in [7, 11) is 1.28. The van der Waals surface area contributed by atoms with Gasteiger partial charge in [-0.15, -0.1) is 0 Å². The highest BCUT2D eigenvalue weighted by Gasteiger charge is 2.62. The van der Waals surface area contributed by atoms with Gasteiger partial charge in [-0.05, 0) is 23.1 Å². The van der Waals surface area contributed by atoms with Gasteiger partial charge in [0.25, 0.3) is 0 Å². The van der Waals surface area contributed by atoms with Crippen molar-refractivity contribution in [3.05, 3.63) is 60.2 Å². The van der Waals surface area contributed by atoms with Crippen LogP contribution in [0.4, 0.5) is 0 Å². The van der Waals surface area contributed by atoms with Crippen LogP contribution in [0.3, 0.4) is 0 Å². The summed E-state index contributed by atoms with van der Waals surface area (Å²) in [5.41, 5.74) is 1.37. The molecule has 1 aliphatic heterocycles. The van der Waals surface area contributed by atoms with Crippen molar-refractivity contribution in [2.75, 3.05) is 7.11 Å². The third-order valence-electron chi connectivity index (χ3n) is 6.49. The van der Waals surface area contributed by atoms with E-state index in [1.165, 1.54) is 7.11 Å². The minimum Gasteiger partial charge on any atom is -0.468 e. The number of benzene rings is 2. The molecule has 0 spiro atoms. The Kier molecular flexibility index (Phi) is 5.65. The van der Waals surface area contributed by atoms with Crippen LogP contribution in [-0.2, 0) is 16.1 Å². The van der Waals surface area contributed by atoms with Crippen molar-refractivity contribution >= 4 is 5.97 Å². The number of methoxy groups -OCH3 is 1. The Morgan fingerprint density at radius 3 is 2.33 bits per heavy atom. The average Bonchev–Trinajstić information content (AvgIpc) is 3.05. The highest BCUT2D eigenvalue weighted by Crippen LogP contribution is 2.44. The number of likely N-dealkylation sites (tertiary alicyclic amines) is 1.